The zero-order chi connectivity index (χ0) is 24.1. The minimum Gasteiger partial charge on any atom is -0.475 e. The number of furan rings is 1. The maximum atomic E-state index is 12.6. The smallest absolute Gasteiger partial charge is 0.475 e. The molecule has 2 aliphatic heterocycles. The highest BCUT2D eigenvalue weighted by Gasteiger charge is 2.41. The normalized spacial score (nSPS) is 18.5. The topological polar surface area (TPSA) is 96.1 Å². The number of amides is 1. The predicted octanol–water partition coefficient (Wildman–Crippen LogP) is 3.12. The molecule has 11 heteroatoms. The molecule has 2 saturated heterocycles. The average Bonchev–Trinajstić information content (AvgIpc) is 3.30. The van der Waals surface area contributed by atoms with Crippen LogP contribution in [0.5, 0.6) is 0 Å². The van der Waals surface area contributed by atoms with Gasteiger partial charge in [0.15, 0.2) is 5.76 Å². The van der Waals surface area contributed by atoms with Crippen LogP contribution in [-0.4, -0.2) is 76.3 Å². The third-order valence-electron chi connectivity index (χ3n) is 5.61. The third-order valence-corrected chi connectivity index (χ3v) is 5.61. The molecule has 0 atom stereocenters. The van der Waals surface area contributed by atoms with Crippen molar-refractivity contribution in [3.8, 4) is 0 Å². The Kier molecular flexibility index (Phi) is 7.75. The lowest BCUT2D eigenvalue weighted by atomic mass is 9.89. The van der Waals surface area contributed by atoms with Crippen LogP contribution in [0.25, 0.3) is 0 Å². The lowest BCUT2D eigenvalue weighted by Crippen LogP contribution is -2.57. The first-order chi connectivity index (χ1) is 15.6. The number of aromatic nitrogens is 1. The minimum atomic E-state index is -5.08. The first-order valence-corrected chi connectivity index (χ1v) is 10.5. The summed E-state index contributed by atoms with van der Waals surface area (Å²) < 4.78 is 43.2. The van der Waals surface area contributed by atoms with Gasteiger partial charge in [-0.25, -0.2) is 4.79 Å². The summed E-state index contributed by atoms with van der Waals surface area (Å²) in [4.78, 5) is 30.4. The quantitative estimate of drug-likeness (QED) is 0.738. The fourth-order valence-corrected chi connectivity index (χ4v) is 3.91. The summed E-state index contributed by atoms with van der Waals surface area (Å²) in [7, 11) is 0. The van der Waals surface area contributed by atoms with Crippen LogP contribution in [0, 0.1) is 6.92 Å². The summed E-state index contributed by atoms with van der Waals surface area (Å²) >= 11 is 0. The Labute approximate surface area is 188 Å². The number of morpholine rings is 1. The number of carbonyl (C=O) groups excluding carboxylic acids is 1. The summed E-state index contributed by atoms with van der Waals surface area (Å²) in [5.74, 6) is -2.39. The highest BCUT2D eigenvalue weighted by molar-refractivity contribution is 5.91. The zero-order valence-electron chi connectivity index (χ0n) is 18.2. The number of carbonyl (C=O) groups is 2. The van der Waals surface area contributed by atoms with Gasteiger partial charge in [-0.05, 0) is 44.0 Å². The standard InChI is InChI=1S/C20H25N3O3.C2HF3O2/c1-16-4-2-5-17(21-16)14-22-9-7-20(8-10-22)15-23(11-13-26-20)19(24)18-6-3-12-25-18;3-2(4,5)1(6)7/h2-6,12H,7-11,13-15H2,1H3;(H,6,7). The number of carboxylic acids is 1. The van der Waals surface area contributed by atoms with Crippen molar-refractivity contribution in [2.75, 3.05) is 32.8 Å². The summed E-state index contributed by atoms with van der Waals surface area (Å²) in [6.07, 6.45) is -1.68. The largest absolute Gasteiger partial charge is 0.490 e. The zero-order valence-corrected chi connectivity index (χ0v) is 18.2. The second-order valence-electron chi connectivity index (χ2n) is 8.08. The van der Waals surface area contributed by atoms with E-state index in [9.17, 15) is 18.0 Å². The van der Waals surface area contributed by atoms with Crippen LogP contribution in [0.15, 0.2) is 41.0 Å². The second-order valence-corrected chi connectivity index (χ2v) is 8.08. The van der Waals surface area contributed by atoms with E-state index in [1.165, 1.54) is 0 Å². The molecule has 2 aromatic rings. The first kappa shape index (κ1) is 24.7. The second kappa shape index (κ2) is 10.3. The van der Waals surface area contributed by atoms with Gasteiger partial charge in [0.2, 0.25) is 0 Å². The minimum absolute atomic E-state index is 0.0379. The number of carboxylic acid groups (broad SMARTS) is 1. The van der Waals surface area contributed by atoms with Gasteiger partial charge in [0.05, 0.1) is 30.7 Å². The average molecular weight is 469 g/mol. The monoisotopic (exact) mass is 469 g/mol. The van der Waals surface area contributed by atoms with E-state index in [4.69, 9.17) is 19.1 Å². The highest BCUT2D eigenvalue weighted by atomic mass is 19.4. The van der Waals surface area contributed by atoms with Crippen LogP contribution in [0.3, 0.4) is 0 Å². The van der Waals surface area contributed by atoms with Gasteiger partial charge in [-0.3, -0.25) is 14.7 Å². The van der Waals surface area contributed by atoms with E-state index in [1.807, 2.05) is 17.9 Å². The van der Waals surface area contributed by atoms with Crippen molar-refractivity contribution < 1.29 is 37.0 Å². The molecule has 2 aliphatic rings. The highest BCUT2D eigenvalue weighted by Crippen LogP contribution is 2.31. The number of aliphatic carboxylic acids is 1. The van der Waals surface area contributed by atoms with Crippen LogP contribution in [0.2, 0.25) is 0 Å². The molecule has 0 bridgehead atoms. The van der Waals surface area contributed by atoms with Crippen LogP contribution in [0.1, 0.15) is 34.8 Å². The summed E-state index contributed by atoms with van der Waals surface area (Å²) in [6, 6.07) is 9.64. The molecule has 4 heterocycles. The molecule has 1 N–H and O–H groups in total. The van der Waals surface area contributed by atoms with Gasteiger partial charge in [0, 0.05) is 31.9 Å². The van der Waals surface area contributed by atoms with Crippen LogP contribution >= 0.6 is 0 Å². The van der Waals surface area contributed by atoms with E-state index in [1.54, 1.807) is 18.4 Å². The Hall–Kier alpha value is -2.92. The Morgan fingerprint density at radius 1 is 1.15 bits per heavy atom. The van der Waals surface area contributed by atoms with Gasteiger partial charge in [-0.15, -0.1) is 0 Å². The van der Waals surface area contributed by atoms with Crippen molar-refractivity contribution in [3.05, 3.63) is 53.7 Å². The lowest BCUT2D eigenvalue weighted by molar-refractivity contribution is -0.192. The number of hydrogen-bond donors (Lipinski definition) is 1. The molecule has 0 unspecified atom stereocenters. The van der Waals surface area contributed by atoms with E-state index in [2.05, 4.69) is 22.0 Å². The van der Waals surface area contributed by atoms with Crippen LogP contribution in [-0.2, 0) is 16.1 Å². The lowest BCUT2D eigenvalue weighted by Gasteiger charge is -2.47. The maximum absolute atomic E-state index is 12.6. The molecule has 4 rings (SSSR count). The molecule has 33 heavy (non-hydrogen) atoms. The van der Waals surface area contributed by atoms with E-state index in [-0.39, 0.29) is 11.5 Å². The number of rotatable bonds is 3. The Bertz CT molecular complexity index is 941. The molecular weight excluding hydrogens is 443 g/mol. The van der Waals surface area contributed by atoms with Gasteiger partial charge in [0.25, 0.3) is 5.91 Å². The van der Waals surface area contributed by atoms with E-state index >= 15 is 0 Å². The number of ether oxygens (including phenoxy) is 1. The molecule has 0 aliphatic carbocycles. The number of halogens is 3. The molecule has 0 aromatic carbocycles. The third kappa shape index (κ3) is 6.78. The molecule has 180 valence electrons. The van der Waals surface area contributed by atoms with Crippen molar-refractivity contribution in [2.45, 2.75) is 38.1 Å². The van der Waals surface area contributed by atoms with E-state index in [0.717, 1.165) is 43.9 Å². The van der Waals surface area contributed by atoms with Crippen molar-refractivity contribution in [1.82, 2.24) is 14.8 Å². The van der Waals surface area contributed by atoms with Gasteiger partial charge in [-0.1, -0.05) is 6.07 Å². The predicted molar refractivity (Wildman–Crippen MR) is 110 cm³/mol. The molecule has 1 amide bonds. The fourth-order valence-electron chi connectivity index (χ4n) is 3.91. The summed E-state index contributed by atoms with van der Waals surface area (Å²) in [6.45, 7) is 6.66. The van der Waals surface area contributed by atoms with Crippen molar-refractivity contribution in [3.63, 3.8) is 0 Å². The molecule has 0 saturated carbocycles. The SMILES string of the molecule is Cc1cccc(CN2CCC3(CC2)CN(C(=O)c2ccco2)CCO3)n1.O=C(O)C(F)(F)F. The van der Waals surface area contributed by atoms with E-state index in [0.29, 0.717) is 25.5 Å². The van der Waals surface area contributed by atoms with Crippen LogP contribution in [0.4, 0.5) is 13.2 Å². The Morgan fingerprint density at radius 2 is 1.85 bits per heavy atom. The number of likely N-dealkylation sites (tertiary alicyclic amines) is 1. The summed E-state index contributed by atoms with van der Waals surface area (Å²) in [5.41, 5.74) is 1.94. The van der Waals surface area contributed by atoms with Gasteiger partial charge in [0.1, 0.15) is 0 Å². The molecule has 2 aromatic heterocycles. The number of hydrogen-bond acceptors (Lipinski definition) is 6. The van der Waals surface area contributed by atoms with Crippen LogP contribution < -0.4 is 0 Å². The maximum Gasteiger partial charge on any atom is 0.490 e. The molecule has 8 nitrogen and oxygen atoms in total. The number of piperidine rings is 1. The fraction of sp³-hybridized carbons (Fsp3) is 0.500. The Morgan fingerprint density at radius 3 is 2.42 bits per heavy atom. The van der Waals surface area contributed by atoms with Crippen molar-refractivity contribution in [1.29, 1.82) is 0 Å². The number of pyridine rings is 1. The van der Waals surface area contributed by atoms with Gasteiger partial charge in [-0.2, -0.15) is 13.2 Å². The summed E-state index contributed by atoms with van der Waals surface area (Å²) in [5, 5.41) is 7.12. The van der Waals surface area contributed by atoms with Gasteiger partial charge >= 0.3 is 12.1 Å². The molecule has 1 spiro atoms. The number of alkyl halides is 3. The van der Waals surface area contributed by atoms with Gasteiger partial charge < -0.3 is 19.2 Å². The van der Waals surface area contributed by atoms with E-state index < -0.39 is 12.1 Å². The number of nitrogens with zero attached hydrogens (tertiary/aromatic N) is 3. The molecular formula is C22H26F3N3O5. The molecule has 2 fully saturated rings. The van der Waals surface area contributed by atoms with Crippen molar-refractivity contribution in [2.24, 2.45) is 0 Å². The van der Waals surface area contributed by atoms with Crippen molar-refractivity contribution >= 4 is 11.9 Å². The Balaban J connectivity index is 0.000000383. The number of aryl methyl sites for hydroxylation is 1. The molecule has 0 radical (unpaired) electrons. The first-order valence-electron chi connectivity index (χ1n) is 10.5.